The van der Waals surface area contributed by atoms with Gasteiger partial charge in [0.25, 0.3) is 11.8 Å². The number of rotatable bonds is 4. The van der Waals surface area contributed by atoms with E-state index in [4.69, 9.17) is 0 Å². The highest BCUT2D eigenvalue weighted by Gasteiger charge is 2.46. The Hall–Kier alpha value is -3.86. The lowest BCUT2D eigenvalue weighted by Crippen LogP contribution is -2.67. The highest BCUT2D eigenvalue weighted by atomic mass is 16.2. The van der Waals surface area contributed by atoms with Gasteiger partial charge in [0, 0.05) is 29.3 Å². The van der Waals surface area contributed by atoms with Crippen molar-refractivity contribution in [2.45, 2.75) is 33.4 Å². The number of carbonyl (C=O) groups excluding carboxylic acids is 2. The Morgan fingerprint density at radius 1 is 0.719 bits per heavy atom. The van der Waals surface area contributed by atoms with Gasteiger partial charge in [-0.25, -0.2) is 0 Å². The number of anilines is 2. The van der Waals surface area contributed by atoms with Crippen LogP contribution in [-0.4, -0.2) is 17.5 Å². The Labute approximate surface area is 189 Å². The van der Waals surface area contributed by atoms with Gasteiger partial charge in [-0.1, -0.05) is 53.1 Å². The molecule has 3 aromatic carbocycles. The Balaban J connectivity index is 1.75. The molecule has 0 aliphatic carbocycles. The first kappa shape index (κ1) is 21.4. The van der Waals surface area contributed by atoms with Gasteiger partial charge < -0.3 is 10.2 Å². The summed E-state index contributed by atoms with van der Waals surface area (Å²) in [6.45, 7) is 7.73. The van der Waals surface area contributed by atoms with E-state index in [1.807, 2.05) is 92.5 Å². The summed E-state index contributed by atoms with van der Waals surface area (Å²) >= 11 is 0. The van der Waals surface area contributed by atoms with E-state index < -0.39 is 5.66 Å². The third kappa shape index (κ3) is 4.02. The second-order valence-electron chi connectivity index (χ2n) is 8.41. The third-order valence-electron chi connectivity index (χ3n) is 5.78. The van der Waals surface area contributed by atoms with Gasteiger partial charge >= 0.3 is 0 Å². The van der Waals surface area contributed by atoms with Crippen LogP contribution in [0.2, 0.25) is 0 Å². The second kappa shape index (κ2) is 8.35. The van der Waals surface area contributed by atoms with Crippen LogP contribution in [0, 0.1) is 20.8 Å². The van der Waals surface area contributed by atoms with Crippen molar-refractivity contribution in [2.75, 3.05) is 9.80 Å². The number of nitrogens with zero attached hydrogens (tertiary/aromatic N) is 2. The number of hydrogen-bond acceptors (Lipinski definition) is 3. The lowest BCUT2D eigenvalue weighted by atomic mass is 10.0. The van der Waals surface area contributed by atoms with Crippen molar-refractivity contribution in [3.8, 4) is 0 Å². The number of aryl methyl sites for hydroxylation is 3. The first-order valence-electron chi connectivity index (χ1n) is 10.6. The molecule has 1 atom stereocenters. The molecule has 0 aromatic heterocycles. The molecule has 1 aliphatic heterocycles. The molecule has 0 spiro atoms. The zero-order valence-electron chi connectivity index (χ0n) is 18.8. The van der Waals surface area contributed by atoms with Gasteiger partial charge in [0.2, 0.25) is 0 Å². The average Bonchev–Trinajstić information content (AvgIpc) is 2.78. The molecule has 0 fully saturated rings. The van der Waals surface area contributed by atoms with Crippen LogP contribution in [0.3, 0.4) is 0 Å². The Kier molecular flexibility index (Phi) is 5.57. The average molecular weight is 426 g/mol. The molecule has 3 aromatic rings. The van der Waals surface area contributed by atoms with Crippen LogP contribution in [0.1, 0.15) is 34.0 Å². The fourth-order valence-corrected chi connectivity index (χ4v) is 3.76. The van der Waals surface area contributed by atoms with E-state index in [-0.39, 0.29) is 11.8 Å². The van der Waals surface area contributed by atoms with Crippen molar-refractivity contribution >= 4 is 23.2 Å². The predicted octanol–water partition coefficient (Wildman–Crippen LogP) is 5.08. The van der Waals surface area contributed by atoms with E-state index in [1.54, 1.807) is 30.2 Å². The van der Waals surface area contributed by atoms with E-state index in [0.717, 1.165) is 28.1 Å². The van der Waals surface area contributed by atoms with Gasteiger partial charge in [-0.2, -0.15) is 0 Å². The first-order valence-corrected chi connectivity index (χ1v) is 10.6. The van der Waals surface area contributed by atoms with E-state index >= 15 is 0 Å². The molecule has 0 bridgehead atoms. The molecule has 1 N–H and O–H groups in total. The minimum atomic E-state index is -1.32. The molecule has 1 heterocycles. The molecule has 0 radical (unpaired) electrons. The maximum absolute atomic E-state index is 13.8. The Morgan fingerprint density at radius 3 is 1.72 bits per heavy atom. The van der Waals surface area contributed by atoms with Crippen LogP contribution in [0.15, 0.2) is 85.2 Å². The van der Waals surface area contributed by atoms with Crippen molar-refractivity contribution in [1.29, 1.82) is 0 Å². The van der Waals surface area contributed by atoms with Crippen LogP contribution in [0.4, 0.5) is 11.4 Å². The van der Waals surface area contributed by atoms with Crippen LogP contribution >= 0.6 is 0 Å². The normalized spacial score (nSPS) is 18.1. The number of benzene rings is 3. The topological polar surface area (TPSA) is 52.7 Å². The Morgan fingerprint density at radius 2 is 1.19 bits per heavy atom. The summed E-state index contributed by atoms with van der Waals surface area (Å²) < 4.78 is 0. The van der Waals surface area contributed by atoms with Crippen molar-refractivity contribution in [3.63, 3.8) is 0 Å². The van der Waals surface area contributed by atoms with Crippen LogP contribution in [0.25, 0.3) is 0 Å². The minimum Gasteiger partial charge on any atom is -0.321 e. The molecular weight excluding hydrogens is 398 g/mol. The SMILES string of the molecule is Cc1ccc(C(=O)NC2(C)C(=O)N(c3ccc(C)cc3)C=CN2c2ccc(C)cc2)cc1. The molecule has 0 saturated carbocycles. The van der Waals surface area contributed by atoms with Crippen LogP contribution in [0.5, 0.6) is 0 Å². The largest absolute Gasteiger partial charge is 0.321 e. The van der Waals surface area contributed by atoms with Gasteiger partial charge in [0.15, 0.2) is 5.66 Å². The molecule has 5 nitrogen and oxygen atoms in total. The van der Waals surface area contributed by atoms with E-state index in [0.29, 0.717) is 5.56 Å². The fourth-order valence-electron chi connectivity index (χ4n) is 3.76. The Bertz CT molecular complexity index is 1170. The molecular formula is C27H27N3O2. The van der Waals surface area contributed by atoms with Crippen molar-refractivity contribution < 1.29 is 9.59 Å². The standard InChI is InChI=1S/C27H27N3O2/c1-19-5-11-22(12-6-19)25(31)28-27(4)26(32)29(23-13-7-20(2)8-14-23)17-18-30(27)24-15-9-21(3)10-16-24/h5-18H,1-4H3,(H,28,31). The molecule has 2 amide bonds. The molecule has 4 rings (SSSR count). The first-order chi connectivity index (χ1) is 15.3. The van der Waals surface area contributed by atoms with Gasteiger partial charge in [-0.05, 0) is 64.1 Å². The third-order valence-corrected chi connectivity index (χ3v) is 5.78. The van der Waals surface area contributed by atoms with Crippen molar-refractivity contribution in [1.82, 2.24) is 5.32 Å². The van der Waals surface area contributed by atoms with E-state index in [2.05, 4.69) is 5.32 Å². The number of hydrogen-bond donors (Lipinski definition) is 1. The van der Waals surface area contributed by atoms with Crippen molar-refractivity contribution in [2.24, 2.45) is 0 Å². The summed E-state index contributed by atoms with van der Waals surface area (Å²) in [4.78, 5) is 30.4. The molecule has 5 heteroatoms. The summed E-state index contributed by atoms with van der Waals surface area (Å²) in [6, 6.07) is 22.9. The van der Waals surface area contributed by atoms with Gasteiger partial charge in [0.1, 0.15) is 0 Å². The zero-order chi connectivity index (χ0) is 22.9. The monoisotopic (exact) mass is 425 g/mol. The van der Waals surface area contributed by atoms with Crippen LogP contribution in [-0.2, 0) is 4.79 Å². The molecule has 1 aliphatic rings. The van der Waals surface area contributed by atoms with Crippen molar-refractivity contribution in [3.05, 3.63) is 107 Å². The van der Waals surface area contributed by atoms with Crippen LogP contribution < -0.4 is 15.1 Å². The maximum Gasteiger partial charge on any atom is 0.277 e. The highest BCUT2D eigenvalue weighted by Crippen LogP contribution is 2.31. The fraction of sp³-hybridized carbons (Fsp3) is 0.185. The number of nitrogens with one attached hydrogen (secondary N) is 1. The molecule has 0 saturated heterocycles. The van der Waals surface area contributed by atoms with Gasteiger partial charge in [-0.3, -0.25) is 14.5 Å². The quantitative estimate of drug-likeness (QED) is 0.634. The molecule has 32 heavy (non-hydrogen) atoms. The zero-order valence-corrected chi connectivity index (χ0v) is 18.8. The number of carbonyl (C=O) groups is 2. The summed E-state index contributed by atoms with van der Waals surface area (Å²) in [5, 5.41) is 3.00. The predicted molar refractivity (Wildman–Crippen MR) is 129 cm³/mol. The van der Waals surface area contributed by atoms with E-state index in [9.17, 15) is 9.59 Å². The van der Waals surface area contributed by atoms with Gasteiger partial charge in [-0.15, -0.1) is 0 Å². The summed E-state index contributed by atoms with van der Waals surface area (Å²) in [7, 11) is 0. The summed E-state index contributed by atoms with van der Waals surface area (Å²) in [5.41, 5.74) is 4.04. The minimum absolute atomic E-state index is 0.245. The molecule has 1 unspecified atom stereocenters. The highest BCUT2D eigenvalue weighted by molar-refractivity contribution is 6.08. The smallest absolute Gasteiger partial charge is 0.277 e. The second-order valence-corrected chi connectivity index (χ2v) is 8.41. The lowest BCUT2D eigenvalue weighted by Gasteiger charge is -2.45. The van der Waals surface area contributed by atoms with E-state index in [1.165, 1.54) is 0 Å². The number of amides is 2. The maximum atomic E-state index is 13.8. The molecule has 162 valence electrons. The summed E-state index contributed by atoms with van der Waals surface area (Å²) in [6.07, 6.45) is 3.58. The van der Waals surface area contributed by atoms with Gasteiger partial charge in [0.05, 0.1) is 0 Å². The summed E-state index contributed by atoms with van der Waals surface area (Å²) in [5.74, 6) is -0.554. The lowest BCUT2D eigenvalue weighted by molar-refractivity contribution is -0.123.